The van der Waals surface area contributed by atoms with Crippen LogP contribution in [0.25, 0.3) is 5.69 Å². The summed E-state index contributed by atoms with van der Waals surface area (Å²) in [5.41, 5.74) is 8.75. The van der Waals surface area contributed by atoms with Gasteiger partial charge in [-0.1, -0.05) is 42.0 Å². The number of pyridine rings is 1. The standard InChI is InChI=1S/C28H29N5O3S/c1-20-13-14-26(21(2)16-20)33-22(3)17-24(23(33)4)18-30-31-28(34)19-32(27-12-8-9-15-29-27)37(35,36)25-10-6-5-7-11-25/h5-18H,19H2,1-4H3,(H,31,34)/b30-18+. The lowest BCUT2D eigenvalue weighted by Gasteiger charge is -2.22. The van der Waals surface area contributed by atoms with Crippen LogP contribution in [0.5, 0.6) is 0 Å². The molecule has 4 aromatic rings. The van der Waals surface area contributed by atoms with Gasteiger partial charge in [-0.3, -0.25) is 4.79 Å². The number of nitrogens with zero attached hydrogens (tertiary/aromatic N) is 4. The van der Waals surface area contributed by atoms with E-state index in [1.807, 2.05) is 19.9 Å². The molecule has 37 heavy (non-hydrogen) atoms. The van der Waals surface area contributed by atoms with Crippen LogP contribution in [-0.2, 0) is 14.8 Å². The first-order chi connectivity index (χ1) is 17.7. The first-order valence-electron chi connectivity index (χ1n) is 11.8. The fourth-order valence-corrected chi connectivity index (χ4v) is 5.59. The minimum absolute atomic E-state index is 0.0655. The quantitative estimate of drug-likeness (QED) is 0.277. The zero-order valence-electron chi connectivity index (χ0n) is 21.2. The van der Waals surface area contributed by atoms with Gasteiger partial charge in [-0.2, -0.15) is 5.10 Å². The summed E-state index contributed by atoms with van der Waals surface area (Å²) in [6, 6.07) is 21.1. The molecule has 0 saturated heterocycles. The van der Waals surface area contributed by atoms with Crippen LogP contribution in [0, 0.1) is 27.7 Å². The van der Waals surface area contributed by atoms with Crippen LogP contribution >= 0.6 is 0 Å². The molecule has 0 spiro atoms. The number of carbonyl (C=O) groups is 1. The van der Waals surface area contributed by atoms with Gasteiger partial charge in [-0.15, -0.1) is 0 Å². The number of hydrogen-bond acceptors (Lipinski definition) is 5. The fourth-order valence-electron chi connectivity index (χ4n) is 4.19. The third-order valence-corrected chi connectivity index (χ3v) is 7.74. The number of hydrazone groups is 1. The molecule has 9 heteroatoms. The maximum atomic E-state index is 13.3. The molecule has 2 aromatic carbocycles. The summed E-state index contributed by atoms with van der Waals surface area (Å²) in [6.07, 6.45) is 3.04. The number of aromatic nitrogens is 2. The third kappa shape index (κ3) is 5.62. The molecule has 190 valence electrons. The summed E-state index contributed by atoms with van der Waals surface area (Å²) in [5, 5.41) is 4.11. The Balaban J connectivity index is 1.54. The highest BCUT2D eigenvalue weighted by molar-refractivity contribution is 7.92. The number of sulfonamides is 1. The van der Waals surface area contributed by atoms with Gasteiger partial charge in [-0.05, 0) is 69.7 Å². The van der Waals surface area contributed by atoms with E-state index >= 15 is 0 Å². The van der Waals surface area contributed by atoms with Gasteiger partial charge in [0.2, 0.25) is 0 Å². The van der Waals surface area contributed by atoms with Gasteiger partial charge in [-0.25, -0.2) is 23.1 Å². The van der Waals surface area contributed by atoms with Crippen LogP contribution in [0.4, 0.5) is 5.82 Å². The Hall–Kier alpha value is -4.24. The normalized spacial score (nSPS) is 11.6. The molecule has 2 heterocycles. The summed E-state index contributed by atoms with van der Waals surface area (Å²) < 4.78 is 29.7. The number of nitrogens with one attached hydrogen (secondary N) is 1. The lowest BCUT2D eigenvalue weighted by Crippen LogP contribution is -2.40. The fraction of sp³-hybridized carbons (Fsp3) is 0.179. The number of hydrogen-bond donors (Lipinski definition) is 1. The second kappa shape index (κ2) is 10.8. The molecule has 0 saturated carbocycles. The Kier molecular flexibility index (Phi) is 7.54. The van der Waals surface area contributed by atoms with E-state index in [1.165, 1.54) is 23.9 Å². The zero-order valence-corrected chi connectivity index (χ0v) is 22.0. The minimum Gasteiger partial charge on any atom is -0.318 e. The Morgan fingerprint density at radius 3 is 2.41 bits per heavy atom. The summed E-state index contributed by atoms with van der Waals surface area (Å²) in [4.78, 5) is 17.0. The predicted octanol–water partition coefficient (Wildman–Crippen LogP) is 4.45. The molecule has 1 amide bonds. The number of aryl methyl sites for hydroxylation is 3. The number of rotatable bonds is 8. The van der Waals surface area contributed by atoms with Crippen LogP contribution in [-0.4, -0.2) is 36.6 Å². The van der Waals surface area contributed by atoms with Gasteiger partial charge in [0.15, 0.2) is 0 Å². The molecular weight excluding hydrogens is 486 g/mol. The number of anilines is 1. The molecule has 2 aromatic heterocycles. The SMILES string of the molecule is Cc1ccc(-n2c(C)cc(/C=N/NC(=O)CN(c3ccccn3)S(=O)(=O)c3ccccc3)c2C)c(C)c1. The second-order valence-corrected chi connectivity index (χ2v) is 10.6. The third-order valence-electron chi connectivity index (χ3n) is 5.98. The lowest BCUT2D eigenvalue weighted by molar-refractivity contribution is -0.119. The Labute approximate surface area is 217 Å². The van der Waals surface area contributed by atoms with Gasteiger partial charge < -0.3 is 4.57 Å². The van der Waals surface area contributed by atoms with Crippen LogP contribution in [0.1, 0.15) is 28.1 Å². The second-order valence-electron chi connectivity index (χ2n) is 8.76. The molecule has 0 fully saturated rings. The van der Waals surface area contributed by atoms with E-state index in [0.717, 1.165) is 32.5 Å². The molecular formula is C28H29N5O3S. The van der Waals surface area contributed by atoms with Crippen molar-refractivity contribution in [1.29, 1.82) is 0 Å². The van der Waals surface area contributed by atoms with Crippen molar-refractivity contribution in [1.82, 2.24) is 15.0 Å². The van der Waals surface area contributed by atoms with E-state index < -0.39 is 22.5 Å². The van der Waals surface area contributed by atoms with E-state index in [1.54, 1.807) is 42.6 Å². The first kappa shape index (κ1) is 25.8. The molecule has 4 rings (SSSR count). The molecule has 1 N–H and O–H groups in total. The van der Waals surface area contributed by atoms with Crippen molar-refractivity contribution in [2.75, 3.05) is 10.8 Å². The maximum absolute atomic E-state index is 13.3. The maximum Gasteiger partial charge on any atom is 0.265 e. The van der Waals surface area contributed by atoms with E-state index in [9.17, 15) is 13.2 Å². The smallest absolute Gasteiger partial charge is 0.265 e. The zero-order chi connectivity index (χ0) is 26.6. The van der Waals surface area contributed by atoms with E-state index in [4.69, 9.17) is 0 Å². The molecule has 0 aliphatic carbocycles. The van der Waals surface area contributed by atoms with Crippen LogP contribution in [0.2, 0.25) is 0 Å². The van der Waals surface area contributed by atoms with Crippen molar-refractivity contribution in [3.63, 3.8) is 0 Å². The van der Waals surface area contributed by atoms with Crippen molar-refractivity contribution >= 4 is 28.0 Å². The Bertz CT molecular complexity index is 1550. The average Bonchev–Trinajstić information content (AvgIpc) is 3.16. The average molecular weight is 516 g/mol. The van der Waals surface area contributed by atoms with Crippen LogP contribution < -0.4 is 9.73 Å². The van der Waals surface area contributed by atoms with E-state index in [-0.39, 0.29) is 10.7 Å². The summed E-state index contributed by atoms with van der Waals surface area (Å²) in [5.74, 6) is -0.452. The molecule has 0 atom stereocenters. The van der Waals surface area contributed by atoms with Gasteiger partial charge in [0.05, 0.1) is 11.1 Å². The molecule has 0 aliphatic heterocycles. The first-order valence-corrected chi connectivity index (χ1v) is 13.2. The van der Waals surface area contributed by atoms with E-state index in [0.29, 0.717) is 0 Å². The molecule has 8 nitrogen and oxygen atoms in total. The predicted molar refractivity (Wildman–Crippen MR) is 146 cm³/mol. The van der Waals surface area contributed by atoms with Gasteiger partial charge in [0.25, 0.3) is 15.9 Å². The molecule has 0 aliphatic rings. The van der Waals surface area contributed by atoms with Crippen molar-refractivity contribution in [2.45, 2.75) is 32.6 Å². The lowest BCUT2D eigenvalue weighted by atomic mass is 10.1. The van der Waals surface area contributed by atoms with Gasteiger partial charge in [0.1, 0.15) is 12.4 Å². The molecule has 0 radical (unpaired) electrons. The summed E-state index contributed by atoms with van der Waals surface area (Å²) in [7, 11) is -4.02. The molecule has 0 bridgehead atoms. The van der Waals surface area contributed by atoms with Crippen molar-refractivity contribution in [2.24, 2.45) is 5.10 Å². The Morgan fingerprint density at radius 2 is 1.73 bits per heavy atom. The highest BCUT2D eigenvalue weighted by atomic mass is 32.2. The highest BCUT2D eigenvalue weighted by Gasteiger charge is 2.27. The minimum atomic E-state index is -4.02. The number of carbonyl (C=O) groups excluding carboxylic acids is 1. The van der Waals surface area contributed by atoms with Crippen LogP contribution in [0.3, 0.4) is 0 Å². The molecule has 0 unspecified atom stereocenters. The van der Waals surface area contributed by atoms with Crippen molar-refractivity contribution in [3.05, 3.63) is 107 Å². The van der Waals surface area contributed by atoms with Crippen molar-refractivity contribution < 1.29 is 13.2 Å². The monoisotopic (exact) mass is 515 g/mol. The highest BCUT2D eigenvalue weighted by Crippen LogP contribution is 2.24. The summed E-state index contributed by atoms with van der Waals surface area (Å²) >= 11 is 0. The topological polar surface area (TPSA) is 96.7 Å². The van der Waals surface area contributed by atoms with E-state index in [2.05, 4.69) is 52.1 Å². The van der Waals surface area contributed by atoms with Crippen LogP contribution in [0.15, 0.2) is 89.0 Å². The van der Waals surface area contributed by atoms with Gasteiger partial charge in [0, 0.05) is 28.8 Å². The largest absolute Gasteiger partial charge is 0.318 e. The number of amides is 1. The number of benzene rings is 2. The summed E-state index contributed by atoms with van der Waals surface area (Å²) in [6.45, 7) is 7.66. The van der Waals surface area contributed by atoms with Gasteiger partial charge >= 0.3 is 0 Å². The van der Waals surface area contributed by atoms with Crippen molar-refractivity contribution in [3.8, 4) is 5.69 Å². The Morgan fingerprint density at radius 1 is 1.00 bits per heavy atom.